The number of anilines is 1. The Bertz CT molecular complexity index is 278. The van der Waals surface area contributed by atoms with Crippen molar-refractivity contribution in [1.82, 2.24) is 0 Å². The molecule has 0 aromatic heterocycles. The zero-order valence-corrected chi connectivity index (χ0v) is 10.1. The maximum Gasteiger partial charge on any atom is 1.00 e. The van der Waals surface area contributed by atoms with E-state index in [1.54, 1.807) is 6.07 Å². The topological polar surface area (TPSA) is 35.1 Å². The zero-order chi connectivity index (χ0) is 9.14. The fourth-order valence-electron chi connectivity index (χ4n) is 0.924. The van der Waals surface area contributed by atoms with Gasteiger partial charge in [-0.2, -0.15) is 0 Å². The van der Waals surface area contributed by atoms with Crippen LogP contribution in [0.3, 0.4) is 0 Å². The van der Waals surface area contributed by atoms with Crippen LogP contribution in [0.15, 0.2) is 18.2 Å². The molecule has 2 nitrogen and oxygen atoms in total. The minimum Gasteiger partial charge on any atom is -0.870 e. The first-order chi connectivity index (χ1) is 5.59. The second-order valence-electron chi connectivity index (χ2n) is 2.94. The number of rotatable bonds is 2. The van der Waals surface area contributed by atoms with Gasteiger partial charge in [0.25, 0.3) is 0 Å². The number of hydrogen-bond acceptors (Lipinski definition) is 2. The molecule has 0 aliphatic carbocycles. The predicted octanol–water partition coefficient (Wildman–Crippen LogP) is -1.28. The van der Waals surface area contributed by atoms with Crippen LogP contribution in [0.25, 0.3) is 0 Å². The summed E-state index contributed by atoms with van der Waals surface area (Å²) in [4.78, 5) is 0. The number of benzene rings is 1. The van der Waals surface area contributed by atoms with Crippen molar-refractivity contribution in [3.05, 3.63) is 24.0 Å². The van der Waals surface area contributed by atoms with Crippen molar-refractivity contribution in [2.45, 2.75) is 19.9 Å². The fourth-order valence-corrected chi connectivity index (χ4v) is 0.924. The number of halogens is 1. The Balaban J connectivity index is 0.00000144. The van der Waals surface area contributed by atoms with Crippen molar-refractivity contribution < 1.29 is 39.1 Å². The Labute approximate surface area is 99.4 Å². The van der Waals surface area contributed by atoms with Gasteiger partial charge in [-0.05, 0) is 26.0 Å². The maximum absolute atomic E-state index is 12.7. The molecule has 1 rings (SSSR count). The van der Waals surface area contributed by atoms with Gasteiger partial charge in [0.1, 0.15) is 5.82 Å². The molecule has 0 saturated carbocycles. The first-order valence-corrected chi connectivity index (χ1v) is 3.82. The van der Waals surface area contributed by atoms with Gasteiger partial charge >= 0.3 is 29.6 Å². The summed E-state index contributed by atoms with van der Waals surface area (Å²) in [5.41, 5.74) is 0.641. The van der Waals surface area contributed by atoms with Crippen LogP contribution in [0.2, 0.25) is 0 Å². The van der Waals surface area contributed by atoms with Gasteiger partial charge in [-0.1, -0.05) is 11.8 Å². The maximum atomic E-state index is 12.7. The van der Waals surface area contributed by atoms with Gasteiger partial charge < -0.3 is 10.4 Å². The fraction of sp³-hybridized carbons (Fsp3) is 0.333. The Morgan fingerprint density at radius 1 is 1.38 bits per heavy atom. The molecule has 0 aliphatic heterocycles. The number of nitrogens with one attached hydrogen (secondary N) is 1. The molecule has 0 amide bonds. The normalized spacial score (nSPS) is 9.54. The van der Waals surface area contributed by atoms with Crippen molar-refractivity contribution in [1.29, 1.82) is 0 Å². The molecule has 1 N–H and O–H groups in total. The Hall–Kier alpha value is -0.250. The van der Waals surface area contributed by atoms with E-state index in [-0.39, 0.29) is 35.6 Å². The summed E-state index contributed by atoms with van der Waals surface area (Å²) in [5, 5.41) is 13.6. The molecule has 0 saturated heterocycles. The summed E-state index contributed by atoms with van der Waals surface area (Å²) in [7, 11) is 0. The standard InChI is InChI=1S/C9H12FNO.Na/c1-6(2)11-7-3-4-9(12)8(10)5-7;/h3-6,11-12H,1-2H3;/q;+1/p-1. The molecule has 66 valence electrons. The van der Waals surface area contributed by atoms with Gasteiger partial charge in [-0.3, -0.25) is 0 Å². The van der Waals surface area contributed by atoms with Crippen LogP contribution < -0.4 is 40.0 Å². The molecule has 0 fully saturated rings. The van der Waals surface area contributed by atoms with Crippen molar-refractivity contribution in [2.24, 2.45) is 0 Å². The molecule has 0 bridgehead atoms. The van der Waals surface area contributed by atoms with Gasteiger partial charge in [0.2, 0.25) is 0 Å². The molecule has 0 heterocycles. The summed E-state index contributed by atoms with van der Waals surface area (Å²) >= 11 is 0. The van der Waals surface area contributed by atoms with E-state index in [9.17, 15) is 9.50 Å². The molecular weight excluding hydrogens is 180 g/mol. The molecule has 0 atom stereocenters. The van der Waals surface area contributed by atoms with Crippen molar-refractivity contribution in [2.75, 3.05) is 5.32 Å². The third-order valence-corrected chi connectivity index (χ3v) is 1.39. The third kappa shape index (κ3) is 3.98. The van der Waals surface area contributed by atoms with Crippen molar-refractivity contribution >= 4 is 5.69 Å². The van der Waals surface area contributed by atoms with Crippen LogP contribution in [0, 0.1) is 5.82 Å². The zero-order valence-electron chi connectivity index (χ0n) is 8.10. The van der Waals surface area contributed by atoms with E-state index in [0.717, 1.165) is 0 Å². The monoisotopic (exact) mass is 191 g/mol. The molecule has 4 heteroatoms. The van der Waals surface area contributed by atoms with Gasteiger partial charge in [0, 0.05) is 11.7 Å². The molecule has 1 aromatic rings. The molecule has 0 unspecified atom stereocenters. The van der Waals surface area contributed by atoms with Crippen LogP contribution in [-0.4, -0.2) is 6.04 Å². The number of hydrogen-bond donors (Lipinski definition) is 1. The minimum atomic E-state index is -0.708. The Morgan fingerprint density at radius 2 is 2.00 bits per heavy atom. The first kappa shape index (κ1) is 12.8. The third-order valence-electron chi connectivity index (χ3n) is 1.39. The largest absolute Gasteiger partial charge is 1.00 e. The summed E-state index contributed by atoms with van der Waals surface area (Å²) in [6.07, 6.45) is 0. The smallest absolute Gasteiger partial charge is 0.870 e. The van der Waals surface area contributed by atoms with E-state index in [4.69, 9.17) is 0 Å². The SMILES string of the molecule is CC(C)Nc1ccc([O-])c(F)c1.[Na+]. The van der Waals surface area contributed by atoms with Gasteiger partial charge in [-0.25, -0.2) is 4.39 Å². The second kappa shape index (κ2) is 5.47. The van der Waals surface area contributed by atoms with Gasteiger partial charge in [0.15, 0.2) is 0 Å². The summed E-state index contributed by atoms with van der Waals surface area (Å²) in [6, 6.07) is 4.25. The van der Waals surface area contributed by atoms with E-state index in [1.807, 2.05) is 13.8 Å². The Morgan fingerprint density at radius 3 is 2.46 bits per heavy atom. The molecule has 1 aromatic carbocycles. The molecule has 0 radical (unpaired) electrons. The van der Waals surface area contributed by atoms with E-state index in [2.05, 4.69) is 5.32 Å². The van der Waals surface area contributed by atoms with Crippen LogP contribution in [0.5, 0.6) is 5.75 Å². The quantitative estimate of drug-likeness (QED) is 0.591. The molecule has 0 spiro atoms. The van der Waals surface area contributed by atoms with Crippen LogP contribution in [0.4, 0.5) is 10.1 Å². The van der Waals surface area contributed by atoms with Crippen LogP contribution in [0.1, 0.15) is 13.8 Å². The van der Waals surface area contributed by atoms with Gasteiger partial charge in [0.05, 0.1) is 0 Å². The van der Waals surface area contributed by atoms with Crippen molar-refractivity contribution in [3.63, 3.8) is 0 Å². The summed E-state index contributed by atoms with van der Waals surface area (Å²) in [5.74, 6) is -1.27. The molecule has 0 aliphatic rings. The van der Waals surface area contributed by atoms with E-state index in [0.29, 0.717) is 5.69 Å². The molecular formula is C9H11FNNaO. The average Bonchev–Trinajstić information content (AvgIpc) is 1.96. The van der Waals surface area contributed by atoms with Crippen LogP contribution >= 0.6 is 0 Å². The first-order valence-electron chi connectivity index (χ1n) is 3.82. The Kier molecular flexibility index (Phi) is 5.37. The van der Waals surface area contributed by atoms with E-state index in [1.165, 1.54) is 12.1 Å². The van der Waals surface area contributed by atoms with E-state index >= 15 is 0 Å². The average molecular weight is 191 g/mol. The summed E-state index contributed by atoms with van der Waals surface area (Å²) in [6.45, 7) is 3.89. The second-order valence-corrected chi connectivity index (χ2v) is 2.94. The van der Waals surface area contributed by atoms with Gasteiger partial charge in [-0.15, -0.1) is 0 Å². The molecule has 13 heavy (non-hydrogen) atoms. The summed E-state index contributed by atoms with van der Waals surface area (Å²) < 4.78 is 12.7. The van der Waals surface area contributed by atoms with E-state index < -0.39 is 11.6 Å². The minimum absolute atomic E-state index is 0. The predicted molar refractivity (Wildman–Crippen MR) is 44.6 cm³/mol. The van der Waals surface area contributed by atoms with Crippen molar-refractivity contribution in [3.8, 4) is 5.75 Å². The van der Waals surface area contributed by atoms with Crippen LogP contribution in [-0.2, 0) is 0 Å².